The zero-order chi connectivity index (χ0) is 13.9. The van der Waals surface area contributed by atoms with E-state index in [1.165, 1.54) is 0 Å². The fourth-order valence-electron chi connectivity index (χ4n) is 2.01. The molecule has 1 aromatic heterocycles. The van der Waals surface area contributed by atoms with Gasteiger partial charge in [-0.25, -0.2) is 0 Å². The molecule has 0 radical (unpaired) electrons. The van der Waals surface area contributed by atoms with E-state index in [-0.39, 0.29) is 5.88 Å². The molecule has 0 fully saturated rings. The van der Waals surface area contributed by atoms with Crippen molar-refractivity contribution in [2.24, 2.45) is 10.2 Å². The molecule has 20 heavy (non-hydrogen) atoms. The predicted molar refractivity (Wildman–Crippen MR) is 82.3 cm³/mol. The van der Waals surface area contributed by atoms with E-state index in [1.54, 1.807) is 0 Å². The van der Waals surface area contributed by atoms with Crippen molar-refractivity contribution in [3.8, 4) is 5.88 Å². The first-order chi connectivity index (χ1) is 9.74. The van der Waals surface area contributed by atoms with E-state index < -0.39 is 0 Å². The molecule has 3 rings (SSSR count). The average Bonchev–Trinajstić information content (AvgIpc) is 2.76. The number of benzene rings is 2. The smallest absolute Gasteiger partial charge is 0.218 e. The van der Waals surface area contributed by atoms with E-state index in [0.717, 1.165) is 20.9 Å². The number of aromatic nitrogens is 1. The molecule has 1 heterocycles. The number of rotatable bonds is 3. The number of azo groups is 1. The molecule has 0 spiro atoms. The third kappa shape index (κ3) is 2.58. The lowest BCUT2D eigenvalue weighted by atomic mass is 10.2. The lowest BCUT2D eigenvalue weighted by Gasteiger charge is -1.95. The third-order valence-corrected chi connectivity index (χ3v) is 3.47. The van der Waals surface area contributed by atoms with Crippen LogP contribution < -0.4 is 0 Å². The van der Waals surface area contributed by atoms with Crippen LogP contribution in [0.4, 0.5) is 5.69 Å². The van der Waals surface area contributed by atoms with Crippen LogP contribution in [0.2, 0.25) is 0 Å². The highest BCUT2D eigenvalue weighted by Gasteiger charge is 2.10. The van der Waals surface area contributed by atoms with Crippen molar-refractivity contribution in [2.45, 2.75) is 6.54 Å². The lowest BCUT2D eigenvalue weighted by Crippen LogP contribution is -1.77. The van der Waals surface area contributed by atoms with Gasteiger partial charge >= 0.3 is 0 Å². The summed E-state index contributed by atoms with van der Waals surface area (Å²) in [4.78, 5) is 2.88. The van der Waals surface area contributed by atoms with E-state index in [0.29, 0.717) is 12.2 Å². The van der Waals surface area contributed by atoms with Gasteiger partial charge in [-0.3, -0.25) is 0 Å². The Morgan fingerprint density at radius 1 is 1.10 bits per heavy atom. The van der Waals surface area contributed by atoms with Crippen LogP contribution in [0.3, 0.4) is 0 Å². The Balaban J connectivity index is 1.90. The molecule has 4 nitrogen and oxygen atoms in total. The predicted octanol–water partition coefficient (Wildman–Crippen LogP) is 4.92. The molecule has 0 bridgehead atoms. The second-order valence-corrected chi connectivity index (χ2v) is 5.31. The van der Waals surface area contributed by atoms with E-state index >= 15 is 0 Å². The summed E-state index contributed by atoms with van der Waals surface area (Å²) >= 11 is 3.41. The van der Waals surface area contributed by atoms with Gasteiger partial charge in [-0.2, -0.15) is 5.11 Å². The molecule has 0 aliphatic carbocycles. The molecule has 3 aromatic rings. The molecular weight excluding hydrogens is 318 g/mol. The Kier molecular flexibility index (Phi) is 3.52. The van der Waals surface area contributed by atoms with Gasteiger partial charge in [0.2, 0.25) is 5.88 Å². The Morgan fingerprint density at radius 3 is 2.70 bits per heavy atom. The molecule has 0 aliphatic heterocycles. The number of nitrogens with zero attached hydrogens (tertiary/aromatic N) is 2. The van der Waals surface area contributed by atoms with Crippen LogP contribution in [0, 0.1) is 0 Å². The number of aromatic hydroxyl groups is 1. The van der Waals surface area contributed by atoms with Gasteiger partial charge in [-0.15, -0.1) is 5.11 Å². The number of hydrogen-bond donors (Lipinski definition) is 2. The highest BCUT2D eigenvalue weighted by atomic mass is 79.9. The molecular formula is C15H12BrN3O. The highest BCUT2D eigenvalue weighted by Crippen LogP contribution is 2.36. The number of halogens is 1. The van der Waals surface area contributed by atoms with Crippen LogP contribution in [-0.4, -0.2) is 10.1 Å². The van der Waals surface area contributed by atoms with Gasteiger partial charge in [0.1, 0.15) is 0 Å². The maximum atomic E-state index is 9.90. The van der Waals surface area contributed by atoms with Crippen molar-refractivity contribution in [3.63, 3.8) is 0 Å². The van der Waals surface area contributed by atoms with Gasteiger partial charge in [0.05, 0.1) is 12.1 Å². The summed E-state index contributed by atoms with van der Waals surface area (Å²) in [7, 11) is 0. The lowest BCUT2D eigenvalue weighted by molar-refractivity contribution is 0.459. The molecule has 2 aromatic carbocycles. The average molecular weight is 330 g/mol. The standard InChI is InChI=1S/C15H12BrN3O/c16-11-6-7-13-12(8-11)14(15(20)18-13)19-17-9-10-4-2-1-3-5-10/h1-8,18,20H,9H2. The topological polar surface area (TPSA) is 60.7 Å². The summed E-state index contributed by atoms with van der Waals surface area (Å²) in [6.07, 6.45) is 0. The summed E-state index contributed by atoms with van der Waals surface area (Å²) in [6.45, 7) is 0.487. The van der Waals surface area contributed by atoms with Crippen LogP contribution >= 0.6 is 15.9 Å². The minimum atomic E-state index is 0.0370. The molecule has 0 saturated heterocycles. The fourth-order valence-corrected chi connectivity index (χ4v) is 2.37. The largest absolute Gasteiger partial charge is 0.493 e. The maximum absolute atomic E-state index is 9.90. The van der Waals surface area contributed by atoms with Gasteiger partial charge in [-0.1, -0.05) is 46.3 Å². The zero-order valence-corrected chi connectivity index (χ0v) is 12.1. The first-order valence-electron chi connectivity index (χ1n) is 6.15. The summed E-state index contributed by atoms with van der Waals surface area (Å²) in [5.41, 5.74) is 2.38. The van der Waals surface area contributed by atoms with Crippen LogP contribution in [0.5, 0.6) is 5.88 Å². The Bertz CT molecular complexity index is 765. The molecule has 5 heteroatoms. The van der Waals surface area contributed by atoms with Crippen molar-refractivity contribution >= 4 is 32.5 Å². The highest BCUT2D eigenvalue weighted by molar-refractivity contribution is 9.10. The molecule has 0 saturated carbocycles. The van der Waals surface area contributed by atoms with Gasteiger partial charge < -0.3 is 10.1 Å². The van der Waals surface area contributed by atoms with E-state index in [9.17, 15) is 5.11 Å². The minimum absolute atomic E-state index is 0.0370. The molecule has 100 valence electrons. The van der Waals surface area contributed by atoms with E-state index in [1.807, 2.05) is 48.5 Å². The van der Waals surface area contributed by atoms with Gasteiger partial charge in [0.15, 0.2) is 5.69 Å². The minimum Gasteiger partial charge on any atom is -0.493 e. The third-order valence-electron chi connectivity index (χ3n) is 2.98. The number of nitrogens with one attached hydrogen (secondary N) is 1. The first-order valence-corrected chi connectivity index (χ1v) is 6.95. The molecule has 0 amide bonds. The number of aromatic amines is 1. The normalized spacial score (nSPS) is 11.4. The second-order valence-electron chi connectivity index (χ2n) is 4.40. The number of H-pyrrole nitrogens is 1. The molecule has 0 aliphatic rings. The molecule has 0 atom stereocenters. The first kappa shape index (κ1) is 12.9. The van der Waals surface area contributed by atoms with Crippen molar-refractivity contribution in [1.29, 1.82) is 0 Å². The van der Waals surface area contributed by atoms with Crippen molar-refractivity contribution in [3.05, 3.63) is 58.6 Å². The summed E-state index contributed by atoms with van der Waals surface area (Å²) in [5, 5.41) is 19.0. The van der Waals surface area contributed by atoms with Crippen LogP contribution in [0.15, 0.2) is 63.2 Å². The Morgan fingerprint density at radius 2 is 1.90 bits per heavy atom. The number of hydrogen-bond acceptors (Lipinski definition) is 3. The zero-order valence-electron chi connectivity index (χ0n) is 10.5. The Hall–Kier alpha value is -2.14. The second kappa shape index (κ2) is 5.46. The monoisotopic (exact) mass is 329 g/mol. The van der Waals surface area contributed by atoms with Crippen LogP contribution in [0.25, 0.3) is 10.9 Å². The molecule has 2 N–H and O–H groups in total. The Labute approximate surface area is 124 Å². The van der Waals surface area contributed by atoms with Gasteiger partial charge in [0, 0.05) is 9.86 Å². The van der Waals surface area contributed by atoms with Crippen molar-refractivity contribution in [2.75, 3.05) is 0 Å². The van der Waals surface area contributed by atoms with Crippen molar-refractivity contribution < 1.29 is 5.11 Å². The van der Waals surface area contributed by atoms with E-state index in [2.05, 4.69) is 31.1 Å². The maximum Gasteiger partial charge on any atom is 0.218 e. The van der Waals surface area contributed by atoms with Crippen molar-refractivity contribution in [1.82, 2.24) is 4.98 Å². The summed E-state index contributed by atoms with van der Waals surface area (Å²) < 4.78 is 0.934. The van der Waals surface area contributed by atoms with Gasteiger partial charge in [0.25, 0.3) is 0 Å². The quantitative estimate of drug-likeness (QED) is 0.658. The van der Waals surface area contributed by atoms with E-state index in [4.69, 9.17) is 0 Å². The fraction of sp³-hybridized carbons (Fsp3) is 0.0667. The summed E-state index contributed by atoms with van der Waals surface area (Å²) in [6, 6.07) is 15.6. The SMILES string of the molecule is Oc1[nH]c2ccc(Br)cc2c1N=NCc1ccccc1. The molecule has 0 unspecified atom stereocenters. The van der Waals surface area contributed by atoms with Crippen LogP contribution in [0.1, 0.15) is 5.56 Å². The summed E-state index contributed by atoms with van der Waals surface area (Å²) in [5.74, 6) is 0.0370. The number of fused-ring (bicyclic) bond motifs is 1. The van der Waals surface area contributed by atoms with Crippen LogP contribution in [-0.2, 0) is 6.54 Å². The van der Waals surface area contributed by atoms with Gasteiger partial charge in [-0.05, 0) is 23.8 Å².